The first kappa shape index (κ1) is 14.9. The average Bonchev–Trinajstić information content (AvgIpc) is 2.20. The van der Waals surface area contributed by atoms with E-state index in [1.807, 2.05) is 0 Å². The molecule has 0 heterocycles. The lowest BCUT2D eigenvalue weighted by molar-refractivity contribution is 0.173. The molecular weight excluding hydrogens is 186 g/mol. The van der Waals surface area contributed by atoms with Gasteiger partial charge >= 0.3 is 0 Å². The third-order valence-corrected chi connectivity index (χ3v) is 3.10. The summed E-state index contributed by atoms with van der Waals surface area (Å²) in [5.74, 6) is 1.52. The highest BCUT2D eigenvalue weighted by Crippen LogP contribution is 2.21. The lowest BCUT2D eigenvalue weighted by atomic mass is 9.85. The van der Waals surface area contributed by atoms with Crippen LogP contribution in [0.3, 0.4) is 0 Å². The van der Waals surface area contributed by atoms with Crippen LogP contribution in [0.5, 0.6) is 0 Å². The van der Waals surface area contributed by atoms with Gasteiger partial charge in [0.1, 0.15) is 0 Å². The molecule has 0 saturated carbocycles. The SMILES string of the molecule is CCCNC(C)C(CCCOC)C(C)C. The van der Waals surface area contributed by atoms with Crippen molar-refractivity contribution in [3.05, 3.63) is 0 Å². The summed E-state index contributed by atoms with van der Waals surface area (Å²) < 4.78 is 5.11. The van der Waals surface area contributed by atoms with Gasteiger partial charge < -0.3 is 10.1 Å². The Bertz CT molecular complexity index is 136. The van der Waals surface area contributed by atoms with E-state index in [0.29, 0.717) is 6.04 Å². The van der Waals surface area contributed by atoms with Crippen LogP contribution in [0.4, 0.5) is 0 Å². The van der Waals surface area contributed by atoms with Gasteiger partial charge in [-0.2, -0.15) is 0 Å². The van der Waals surface area contributed by atoms with Crippen molar-refractivity contribution < 1.29 is 4.74 Å². The van der Waals surface area contributed by atoms with E-state index in [0.717, 1.165) is 25.0 Å². The molecule has 0 aliphatic heterocycles. The van der Waals surface area contributed by atoms with Crippen molar-refractivity contribution in [3.63, 3.8) is 0 Å². The molecule has 2 heteroatoms. The average molecular weight is 215 g/mol. The van der Waals surface area contributed by atoms with Gasteiger partial charge in [0.2, 0.25) is 0 Å². The number of nitrogens with one attached hydrogen (secondary N) is 1. The van der Waals surface area contributed by atoms with Gasteiger partial charge in [-0.05, 0) is 44.6 Å². The van der Waals surface area contributed by atoms with Crippen molar-refractivity contribution in [3.8, 4) is 0 Å². The Morgan fingerprint density at radius 2 is 1.87 bits per heavy atom. The van der Waals surface area contributed by atoms with Crippen molar-refractivity contribution in [1.29, 1.82) is 0 Å². The van der Waals surface area contributed by atoms with E-state index in [1.54, 1.807) is 7.11 Å². The Balaban J connectivity index is 3.89. The summed E-state index contributed by atoms with van der Waals surface area (Å²) in [7, 11) is 1.78. The molecular formula is C13H29NO. The highest BCUT2D eigenvalue weighted by Gasteiger charge is 2.19. The molecule has 0 fully saturated rings. The van der Waals surface area contributed by atoms with Gasteiger partial charge in [-0.3, -0.25) is 0 Å². The standard InChI is InChI=1S/C13H29NO/c1-6-9-14-12(4)13(11(2)3)8-7-10-15-5/h11-14H,6-10H2,1-5H3. The maximum Gasteiger partial charge on any atom is 0.0462 e. The minimum Gasteiger partial charge on any atom is -0.385 e. The molecule has 0 radical (unpaired) electrons. The fourth-order valence-electron chi connectivity index (χ4n) is 2.15. The van der Waals surface area contributed by atoms with E-state index in [9.17, 15) is 0 Å². The van der Waals surface area contributed by atoms with Crippen LogP contribution >= 0.6 is 0 Å². The molecule has 0 aliphatic carbocycles. The van der Waals surface area contributed by atoms with Gasteiger partial charge in [-0.25, -0.2) is 0 Å². The maximum atomic E-state index is 5.11. The summed E-state index contributed by atoms with van der Waals surface area (Å²) in [6, 6.07) is 0.627. The smallest absolute Gasteiger partial charge is 0.0462 e. The molecule has 0 amide bonds. The number of hydrogen-bond donors (Lipinski definition) is 1. The molecule has 0 rings (SSSR count). The van der Waals surface area contributed by atoms with Crippen molar-refractivity contribution in [2.75, 3.05) is 20.3 Å². The number of rotatable bonds is 9. The summed E-state index contributed by atoms with van der Waals surface area (Å²) in [4.78, 5) is 0. The maximum absolute atomic E-state index is 5.11. The molecule has 2 nitrogen and oxygen atoms in total. The van der Waals surface area contributed by atoms with E-state index in [2.05, 4.69) is 33.0 Å². The largest absolute Gasteiger partial charge is 0.385 e. The molecule has 0 aliphatic rings. The van der Waals surface area contributed by atoms with Crippen LogP contribution in [0, 0.1) is 11.8 Å². The second-order valence-corrected chi connectivity index (χ2v) is 4.79. The van der Waals surface area contributed by atoms with Crippen LogP contribution in [0.25, 0.3) is 0 Å². The fourth-order valence-corrected chi connectivity index (χ4v) is 2.15. The van der Waals surface area contributed by atoms with Crippen molar-refractivity contribution in [2.45, 2.75) is 53.0 Å². The zero-order chi connectivity index (χ0) is 11.7. The van der Waals surface area contributed by atoms with Gasteiger partial charge in [0, 0.05) is 19.8 Å². The minimum absolute atomic E-state index is 0.627. The van der Waals surface area contributed by atoms with Crippen molar-refractivity contribution >= 4 is 0 Å². The number of hydrogen-bond acceptors (Lipinski definition) is 2. The highest BCUT2D eigenvalue weighted by atomic mass is 16.5. The van der Waals surface area contributed by atoms with E-state index >= 15 is 0 Å². The predicted molar refractivity (Wildman–Crippen MR) is 67.2 cm³/mol. The molecule has 0 aromatic heterocycles. The van der Waals surface area contributed by atoms with Crippen LogP contribution in [0.2, 0.25) is 0 Å². The molecule has 0 aromatic carbocycles. The lowest BCUT2D eigenvalue weighted by Crippen LogP contribution is -2.36. The molecule has 0 bridgehead atoms. The summed E-state index contributed by atoms with van der Waals surface area (Å²) >= 11 is 0. The van der Waals surface area contributed by atoms with Gasteiger partial charge in [0.25, 0.3) is 0 Å². The number of methoxy groups -OCH3 is 1. The molecule has 0 aromatic rings. The molecule has 2 atom stereocenters. The molecule has 92 valence electrons. The summed E-state index contributed by atoms with van der Waals surface area (Å²) in [5, 5.41) is 3.60. The Hall–Kier alpha value is -0.0800. The van der Waals surface area contributed by atoms with Gasteiger partial charge in [-0.15, -0.1) is 0 Å². The summed E-state index contributed by atoms with van der Waals surface area (Å²) in [5.41, 5.74) is 0. The van der Waals surface area contributed by atoms with Crippen molar-refractivity contribution in [2.24, 2.45) is 11.8 Å². The molecule has 0 spiro atoms. The topological polar surface area (TPSA) is 21.3 Å². The molecule has 0 saturated heterocycles. The first-order valence-corrected chi connectivity index (χ1v) is 6.35. The third-order valence-electron chi connectivity index (χ3n) is 3.10. The molecule has 2 unspecified atom stereocenters. The van der Waals surface area contributed by atoms with E-state index < -0.39 is 0 Å². The molecule has 1 N–H and O–H groups in total. The highest BCUT2D eigenvalue weighted by molar-refractivity contribution is 4.74. The minimum atomic E-state index is 0.627. The van der Waals surface area contributed by atoms with Crippen LogP contribution in [0.15, 0.2) is 0 Å². The quantitative estimate of drug-likeness (QED) is 0.597. The van der Waals surface area contributed by atoms with Gasteiger partial charge in [-0.1, -0.05) is 20.8 Å². The summed E-state index contributed by atoms with van der Waals surface area (Å²) in [6.07, 6.45) is 3.66. The zero-order valence-electron chi connectivity index (χ0n) is 11.2. The second kappa shape index (κ2) is 9.17. The summed E-state index contributed by atoms with van der Waals surface area (Å²) in [6.45, 7) is 11.2. The van der Waals surface area contributed by atoms with Gasteiger partial charge in [0.05, 0.1) is 0 Å². The van der Waals surface area contributed by atoms with Crippen LogP contribution in [-0.2, 0) is 4.74 Å². The number of ether oxygens (including phenoxy) is 1. The van der Waals surface area contributed by atoms with E-state index in [1.165, 1.54) is 19.3 Å². The van der Waals surface area contributed by atoms with E-state index in [4.69, 9.17) is 4.74 Å². The molecule has 15 heavy (non-hydrogen) atoms. The second-order valence-electron chi connectivity index (χ2n) is 4.79. The van der Waals surface area contributed by atoms with E-state index in [-0.39, 0.29) is 0 Å². The van der Waals surface area contributed by atoms with Gasteiger partial charge in [0.15, 0.2) is 0 Å². The van der Waals surface area contributed by atoms with Crippen molar-refractivity contribution in [1.82, 2.24) is 5.32 Å². The monoisotopic (exact) mass is 215 g/mol. The lowest BCUT2D eigenvalue weighted by Gasteiger charge is -2.28. The first-order chi connectivity index (χ1) is 7.13. The van der Waals surface area contributed by atoms with Crippen LogP contribution < -0.4 is 5.32 Å². The normalized spacial score (nSPS) is 15.6. The Morgan fingerprint density at radius 1 is 1.20 bits per heavy atom. The Kier molecular flexibility index (Phi) is 9.12. The Labute approximate surface area is 95.8 Å². The first-order valence-electron chi connectivity index (χ1n) is 6.35. The third kappa shape index (κ3) is 6.91. The van der Waals surface area contributed by atoms with Crippen LogP contribution in [0.1, 0.15) is 47.0 Å². The predicted octanol–water partition coefficient (Wildman–Crippen LogP) is 3.07. The Morgan fingerprint density at radius 3 is 2.33 bits per heavy atom. The fraction of sp³-hybridized carbons (Fsp3) is 1.00. The zero-order valence-corrected chi connectivity index (χ0v) is 11.2. The van der Waals surface area contributed by atoms with Crippen LogP contribution in [-0.4, -0.2) is 26.3 Å².